The molecule has 0 heterocycles. The maximum atomic E-state index is 6.18. The third-order valence-electron chi connectivity index (χ3n) is 4.25. The molecule has 3 N–H and O–H groups in total. The molecular formula is C14H30N2. The van der Waals surface area contributed by atoms with Gasteiger partial charge in [0.1, 0.15) is 0 Å². The van der Waals surface area contributed by atoms with E-state index in [0.29, 0.717) is 17.5 Å². The van der Waals surface area contributed by atoms with E-state index in [9.17, 15) is 0 Å². The van der Waals surface area contributed by atoms with Gasteiger partial charge in [0.05, 0.1) is 0 Å². The van der Waals surface area contributed by atoms with Crippen LogP contribution in [-0.2, 0) is 0 Å². The van der Waals surface area contributed by atoms with Crippen molar-refractivity contribution in [2.24, 2.45) is 11.1 Å². The lowest BCUT2D eigenvalue weighted by molar-refractivity contribution is 0.263. The Hall–Kier alpha value is -0.0800. The monoisotopic (exact) mass is 226 g/mol. The first kappa shape index (κ1) is 14.0. The maximum absolute atomic E-state index is 6.18. The summed E-state index contributed by atoms with van der Waals surface area (Å²) in [6.45, 7) is 8.01. The summed E-state index contributed by atoms with van der Waals surface area (Å²) in [5, 5.41) is 3.67. The van der Waals surface area contributed by atoms with Gasteiger partial charge in [-0.3, -0.25) is 0 Å². The van der Waals surface area contributed by atoms with Crippen molar-refractivity contribution in [3.8, 4) is 0 Å². The maximum Gasteiger partial charge on any atom is 0.0105 e. The van der Waals surface area contributed by atoms with E-state index in [1.165, 1.54) is 44.9 Å². The van der Waals surface area contributed by atoms with Crippen LogP contribution in [0.5, 0.6) is 0 Å². The molecule has 0 saturated heterocycles. The molecule has 0 aromatic heterocycles. The summed E-state index contributed by atoms with van der Waals surface area (Å²) in [5.41, 5.74) is 6.53. The molecule has 0 aromatic carbocycles. The van der Waals surface area contributed by atoms with Gasteiger partial charge in [-0.1, -0.05) is 39.5 Å². The summed E-state index contributed by atoms with van der Waals surface area (Å²) in [4.78, 5) is 0. The van der Waals surface area contributed by atoms with Crippen molar-refractivity contribution in [3.05, 3.63) is 0 Å². The third kappa shape index (κ3) is 4.06. The molecule has 1 rings (SSSR count). The fourth-order valence-electron chi connectivity index (χ4n) is 2.69. The van der Waals surface area contributed by atoms with E-state index in [2.05, 4.69) is 26.1 Å². The second kappa shape index (κ2) is 6.61. The molecule has 2 heteroatoms. The summed E-state index contributed by atoms with van der Waals surface area (Å²) in [6, 6.07) is 1.05. The van der Waals surface area contributed by atoms with Crippen LogP contribution in [0.4, 0.5) is 0 Å². The molecule has 0 amide bonds. The van der Waals surface area contributed by atoms with Crippen LogP contribution in [0.15, 0.2) is 0 Å². The Kier molecular flexibility index (Phi) is 5.77. The molecule has 0 bridgehead atoms. The highest BCUT2D eigenvalue weighted by Crippen LogP contribution is 2.35. The zero-order valence-corrected chi connectivity index (χ0v) is 11.4. The van der Waals surface area contributed by atoms with Crippen molar-refractivity contribution < 1.29 is 0 Å². The van der Waals surface area contributed by atoms with Gasteiger partial charge in [-0.2, -0.15) is 0 Å². The third-order valence-corrected chi connectivity index (χ3v) is 4.25. The predicted octanol–water partition coefficient (Wildman–Crippen LogP) is 3.06. The highest BCUT2D eigenvalue weighted by Gasteiger charge is 2.35. The first-order valence-corrected chi connectivity index (χ1v) is 7.07. The van der Waals surface area contributed by atoms with Crippen LogP contribution in [0.2, 0.25) is 0 Å². The summed E-state index contributed by atoms with van der Waals surface area (Å²) < 4.78 is 0. The van der Waals surface area contributed by atoms with E-state index in [4.69, 9.17) is 5.73 Å². The van der Waals surface area contributed by atoms with Crippen molar-refractivity contribution in [1.29, 1.82) is 0 Å². The molecule has 96 valence electrons. The number of nitrogens with one attached hydrogen (secondary N) is 1. The fraction of sp³-hybridized carbons (Fsp3) is 1.00. The molecule has 0 aliphatic heterocycles. The first-order valence-electron chi connectivity index (χ1n) is 7.07. The topological polar surface area (TPSA) is 38.0 Å². The van der Waals surface area contributed by atoms with E-state index < -0.39 is 0 Å². The molecule has 1 saturated carbocycles. The second-order valence-electron chi connectivity index (χ2n) is 5.93. The Bertz CT molecular complexity index is 193. The lowest BCUT2D eigenvalue weighted by Crippen LogP contribution is -2.44. The average molecular weight is 226 g/mol. The van der Waals surface area contributed by atoms with Crippen LogP contribution in [0.25, 0.3) is 0 Å². The lowest BCUT2D eigenvalue weighted by atomic mass is 9.85. The smallest absolute Gasteiger partial charge is 0.0105 e. The van der Waals surface area contributed by atoms with E-state index in [0.717, 1.165) is 6.54 Å². The molecule has 1 aliphatic carbocycles. The molecule has 1 aliphatic rings. The second-order valence-corrected chi connectivity index (χ2v) is 5.93. The van der Waals surface area contributed by atoms with E-state index in [1.54, 1.807) is 0 Å². The van der Waals surface area contributed by atoms with Crippen molar-refractivity contribution in [3.63, 3.8) is 0 Å². The Morgan fingerprint density at radius 1 is 1.44 bits per heavy atom. The minimum absolute atomic E-state index is 0.346. The minimum atomic E-state index is 0.346. The van der Waals surface area contributed by atoms with Crippen LogP contribution in [0.3, 0.4) is 0 Å². The lowest BCUT2D eigenvalue weighted by Gasteiger charge is -2.31. The van der Waals surface area contributed by atoms with Gasteiger partial charge in [-0.15, -0.1) is 0 Å². The van der Waals surface area contributed by atoms with Gasteiger partial charge in [-0.05, 0) is 31.6 Å². The van der Waals surface area contributed by atoms with Gasteiger partial charge >= 0.3 is 0 Å². The Morgan fingerprint density at radius 3 is 2.75 bits per heavy atom. The van der Waals surface area contributed by atoms with Crippen LogP contribution < -0.4 is 11.1 Å². The average Bonchev–Trinajstić information content (AvgIpc) is 2.58. The van der Waals surface area contributed by atoms with Crippen molar-refractivity contribution in [2.45, 2.75) is 77.8 Å². The van der Waals surface area contributed by atoms with Crippen molar-refractivity contribution in [2.75, 3.05) is 6.54 Å². The molecule has 0 radical (unpaired) electrons. The normalized spacial score (nSPS) is 31.9. The number of hydrogen-bond donors (Lipinski definition) is 2. The molecule has 1 fully saturated rings. The standard InChI is InChI=1S/C14H30N2/c1-4-5-6-8-12(2)16-11-14(3)10-7-9-13(14)15/h12-13,16H,4-11,15H2,1-3H3. The van der Waals surface area contributed by atoms with Gasteiger partial charge < -0.3 is 11.1 Å². The summed E-state index contributed by atoms with van der Waals surface area (Å²) in [5.74, 6) is 0. The highest BCUT2D eigenvalue weighted by atomic mass is 14.9. The Labute approximate surface area is 101 Å². The number of nitrogens with two attached hydrogens (primary N) is 1. The van der Waals surface area contributed by atoms with E-state index in [1.807, 2.05) is 0 Å². The van der Waals surface area contributed by atoms with Crippen LogP contribution in [-0.4, -0.2) is 18.6 Å². The summed E-state index contributed by atoms with van der Waals surface area (Å²) >= 11 is 0. The van der Waals surface area contributed by atoms with Gasteiger partial charge in [-0.25, -0.2) is 0 Å². The van der Waals surface area contributed by atoms with E-state index >= 15 is 0 Å². The fourth-order valence-corrected chi connectivity index (χ4v) is 2.69. The van der Waals surface area contributed by atoms with Crippen molar-refractivity contribution >= 4 is 0 Å². The van der Waals surface area contributed by atoms with Crippen LogP contribution >= 0.6 is 0 Å². The molecule has 3 atom stereocenters. The highest BCUT2D eigenvalue weighted by molar-refractivity contribution is 4.93. The molecule has 0 spiro atoms. The Balaban J connectivity index is 2.17. The first-order chi connectivity index (χ1) is 7.58. The van der Waals surface area contributed by atoms with Gasteiger partial charge in [0.15, 0.2) is 0 Å². The molecule has 2 nitrogen and oxygen atoms in total. The quantitative estimate of drug-likeness (QED) is 0.655. The minimum Gasteiger partial charge on any atom is -0.327 e. The Morgan fingerprint density at radius 2 is 2.19 bits per heavy atom. The SMILES string of the molecule is CCCCCC(C)NCC1(C)CCCC1N. The van der Waals surface area contributed by atoms with Crippen LogP contribution in [0.1, 0.15) is 65.7 Å². The zero-order chi connectivity index (χ0) is 12.0. The summed E-state index contributed by atoms with van der Waals surface area (Å²) in [7, 11) is 0. The van der Waals surface area contributed by atoms with Crippen molar-refractivity contribution in [1.82, 2.24) is 5.32 Å². The number of unbranched alkanes of at least 4 members (excludes halogenated alkanes) is 2. The van der Waals surface area contributed by atoms with Gasteiger partial charge in [0.25, 0.3) is 0 Å². The largest absolute Gasteiger partial charge is 0.327 e. The van der Waals surface area contributed by atoms with Crippen LogP contribution in [0, 0.1) is 5.41 Å². The zero-order valence-electron chi connectivity index (χ0n) is 11.4. The summed E-state index contributed by atoms with van der Waals surface area (Å²) in [6.07, 6.45) is 9.15. The van der Waals surface area contributed by atoms with E-state index in [-0.39, 0.29) is 0 Å². The molecular weight excluding hydrogens is 196 g/mol. The molecule has 3 unspecified atom stereocenters. The van der Waals surface area contributed by atoms with Gasteiger partial charge in [0, 0.05) is 18.6 Å². The predicted molar refractivity (Wildman–Crippen MR) is 71.5 cm³/mol. The number of rotatable bonds is 7. The van der Waals surface area contributed by atoms with Gasteiger partial charge in [0.2, 0.25) is 0 Å². The number of hydrogen-bond acceptors (Lipinski definition) is 2. The molecule has 0 aromatic rings. The molecule has 16 heavy (non-hydrogen) atoms.